The summed E-state index contributed by atoms with van der Waals surface area (Å²) in [6.07, 6.45) is 1.76. The third-order valence-corrected chi connectivity index (χ3v) is 1.69. The highest BCUT2D eigenvalue weighted by atomic mass is 79.9. The van der Waals surface area contributed by atoms with Gasteiger partial charge in [-0.1, -0.05) is 0 Å². The number of nitrogen functional groups attached to an aromatic ring is 1. The molecule has 2 N–H and O–H groups in total. The molecule has 0 aliphatic rings. The Labute approximate surface area is 71.2 Å². The van der Waals surface area contributed by atoms with Crippen LogP contribution in [0.4, 0.5) is 5.82 Å². The van der Waals surface area contributed by atoms with Gasteiger partial charge in [-0.2, -0.15) is 0 Å². The molecular weight excluding hydrogens is 208 g/mol. The molecule has 0 spiro atoms. The van der Waals surface area contributed by atoms with Crippen LogP contribution in [0, 0.1) is 0 Å². The van der Waals surface area contributed by atoms with E-state index in [1.807, 2.05) is 6.07 Å². The van der Waals surface area contributed by atoms with Gasteiger partial charge >= 0.3 is 0 Å². The second-order valence-corrected chi connectivity index (χ2v) is 2.94. The van der Waals surface area contributed by atoms with Crippen molar-refractivity contribution < 1.29 is 0 Å². The molecule has 2 aromatic heterocycles. The van der Waals surface area contributed by atoms with E-state index >= 15 is 0 Å². The molecule has 0 bridgehead atoms. The van der Waals surface area contributed by atoms with Gasteiger partial charge in [-0.25, -0.2) is 9.50 Å². The number of hydrogen-bond acceptors (Lipinski definition) is 3. The minimum Gasteiger partial charge on any atom is -0.382 e. The first-order chi connectivity index (χ1) is 5.25. The van der Waals surface area contributed by atoms with Gasteiger partial charge in [0.25, 0.3) is 0 Å². The molecule has 0 amide bonds. The number of fused-ring (bicyclic) bond motifs is 1. The van der Waals surface area contributed by atoms with Crippen LogP contribution in [-0.4, -0.2) is 14.6 Å². The molecule has 0 aliphatic heterocycles. The van der Waals surface area contributed by atoms with Crippen molar-refractivity contribution in [2.24, 2.45) is 0 Å². The summed E-state index contributed by atoms with van der Waals surface area (Å²) in [5.41, 5.74) is 6.24. The van der Waals surface area contributed by atoms with Gasteiger partial charge in [0.05, 0.1) is 6.20 Å². The van der Waals surface area contributed by atoms with Crippen LogP contribution in [0.5, 0.6) is 0 Å². The molecule has 0 aliphatic carbocycles. The predicted molar refractivity (Wildman–Crippen MR) is 45.1 cm³/mol. The van der Waals surface area contributed by atoms with E-state index < -0.39 is 0 Å². The lowest BCUT2D eigenvalue weighted by Gasteiger charge is -1.91. The van der Waals surface area contributed by atoms with Crippen LogP contribution in [0.2, 0.25) is 0 Å². The monoisotopic (exact) mass is 212 g/mol. The summed E-state index contributed by atoms with van der Waals surface area (Å²) < 4.78 is 2.38. The number of anilines is 1. The van der Waals surface area contributed by atoms with Gasteiger partial charge in [-0.05, 0) is 28.1 Å². The normalized spacial score (nSPS) is 10.6. The first-order valence-corrected chi connectivity index (χ1v) is 3.82. The Hall–Kier alpha value is -1.10. The molecule has 2 aromatic rings. The van der Waals surface area contributed by atoms with Gasteiger partial charge in [0.1, 0.15) is 10.4 Å². The Morgan fingerprint density at radius 1 is 1.45 bits per heavy atom. The molecule has 0 radical (unpaired) electrons. The second-order valence-electron chi connectivity index (χ2n) is 2.12. The van der Waals surface area contributed by atoms with Crippen LogP contribution in [0.25, 0.3) is 5.65 Å². The Balaban J connectivity index is 2.82. The van der Waals surface area contributed by atoms with E-state index in [4.69, 9.17) is 5.73 Å². The highest BCUT2D eigenvalue weighted by Crippen LogP contribution is 2.09. The molecule has 0 unspecified atom stereocenters. The minimum absolute atomic E-state index is 0.488. The molecule has 2 rings (SSSR count). The molecule has 56 valence electrons. The fourth-order valence-corrected chi connectivity index (χ4v) is 1.24. The zero-order valence-electron chi connectivity index (χ0n) is 5.53. The molecular formula is C6H5BrN4. The molecule has 0 fully saturated rings. The predicted octanol–water partition coefficient (Wildman–Crippen LogP) is 1.07. The Morgan fingerprint density at radius 2 is 2.27 bits per heavy atom. The van der Waals surface area contributed by atoms with E-state index in [1.54, 1.807) is 16.8 Å². The number of halogens is 1. The maximum Gasteiger partial charge on any atom is 0.155 e. The molecule has 0 atom stereocenters. The van der Waals surface area contributed by atoms with E-state index in [0.717, 1.165) is 10.3 Å². The smallest absolute Gasteiger partial charge is 0.155 e. The zero-order valence-corrected chi connectivity index (χ0v) is 7.12. The lowest BCUT2D eigenvalue weighted by atomic mass is 10.5. The van der Waals surface area contributed by atoms with Crippen molar-refractivity contribution in [1.82, 2.24) is 14.6 Å². The first-order valence-electron chi connectivity index (χ1n) is 3.03. The van der Waals surface area contributed by atoms with E-state index in [2.05, 4.69) is 26.0 Å². The number of imidazole rings is 1. The van der Waals surface area contributed by atoms with E-state index in [0.29, 0.717) is 5.82 Å². The van der Waals surface area contributed by atoms with Crippen molar-refractivity contribution in [3.05, 3.63) is 22.9 Å². The molecule has 0 saturated carbocycles. The average molecular weight is 213 g/mol. The van der Waals surface area contributed by atoms with Crippen LogP contribution in [-0.2, 0) is 0 Å². The van der Waals surface area contributed by atoms with Crippen molar-refractivity contribution in [2.45, 2.75) is 0 Å². The molecule has 5 heteroatoms. The van der Waals surface area contributed by atoms with Crippen LogP contribution in [0.15, 0.2) is 22.9 Å². The number of rotatable bonds is 0. The highest BCUT2D eigenvalue weighted by Gasteiger charge is 1.97. The molecule has 0 saturated heterocycles. The van der Waals surface area contributed by atoms with Crippen molar-refractivity contribution in [3.8, 4) is 0 Å². The lowest BCUT2D eigenvalue weighted by Crippen LogP contribution is -1.95. The van der Waals surface area contributed by atoms with Crippen molar-refractivity contribution in [3.63, 3.8) is 0 Å². The van der Waals surface area contributed by atoms with Crippen LogP contribution < -0.4 is 5.73 Å². The van der Waals surface area contributed by atoms with Crippen molar-refractivity contribution in [2.75, 3.05) is 5.73 Å². The summed E-state index contributed by atoms with van der Waals surface area (Å²) in [6, 6.07) is 3.53. The van der Waals surface area contributed by atoms with Gasteiger partial charge < -0.3 is 5.73 Å². The second kappa shape index (κ2) is 2.20. The van der Waals surface area contributed by atoms with Gasteiger partial charge in [-0.3, -0.25) is 0 Å². The molecule has 11 heavy (non-hydrogen) atoms. The summed E-state index contributed by atoms with van der Waals surface area (Å²) in [7, 11) is 0. The summed E-state index contributed by atoms with van der Waals surface area (Å²) in [6.45, 7) is 0. The Bertz CT molecular complexity index is 394. The zero-order chi connectivity index (χ0) is 7.84. The first kappa shape index (κ1) is 6.60. The van der Waals surface area contributed by atoms with Gasteiger partial charge in [0.15, 0.2) is 5.65 Å². The summed E-state index contributed by atoms with van der Waals surface area (Å²) in [5, 5.41) is 4.00. The van der Waals surface area contributed by atoms with Crippen LogP contribution in [0.1, 0.15) is 0 Å². The van der Waals surface area contributed by atoms with Gasteiger partial charge in [-0.15, -0.1) is 5.10 Å². The van der Waals surface area contributed by atoms with Crippen LogP contribution >= 0.6 is 15.9 Å². The molecule has 4 nitrogen and oxygen atoms in total. The third kappa shape index (κ3) is 1.07. The molecule has 0 aromatic carbocycles. The van der Waals surface area contributed by atoms with Crippen molar-refractivity contribution in [1.29, 1.82) is 0 Å². The number of hydrogen-bond donors (Lipinski definition) is 1. The average Bonchev–Trinajstić information content (AvgIpc) is 2.27. The van der Waals surface area contributed by atoms with E-state index in [1.165, 1.54) is 0 Å². The third-order valence-electron chi connectivity index (χ3n) is 1.31. The summed E-state index contributed by atoms with van der Waals surface area (Å²) in [5.74, 6) is 0.488. The van der Waals surface area contributed by atoms with E-state index in [9.17, 15) is 0 Å². The lowest BCUT2D eigenvalue weighted by molar-refractivity contribution is 0.945. The number of nitrogens with zero attached hydrogens (tertiary/aromatic N) is 3. The van der Waals surface area contributed by atoms with Gasteiger partial charge in [0.2, 0.25) is 0 Å². The number of nitrogens with two attached hydrogens (primary N) is 1. The van der Waals surface area contributed by atoms with Crippen LogP contribution in [0.3, 0.4) is 0 Å². The maximum atomic E-state index is 5.46. The Morgan fingerprint density at radius 3 is 3.09 bits per heavy atom. The fraction of sp³-hybridized carbons (Fsp3) is 0. The molecule has 2 heterocycles. The SMILES string of the molecule is Nc1ccc2nc(Br)cn2n1. The van der Waals surface area contributed by atoms with Gasteiger partial charge in [0, 0.05) is 0 Å². The van der Waals surface area contributed by atoms with E-state index in [-0.39, 0.29) is 0 Å². The largest absolute Gasteiger partial charge is 0.382 e. The Kier molecular flexibility index (Phi) is 1.32. The number of aromatic nitrogens is 3. The van der Waals surface area contributed by atoms with Crippen molar-refractivity contribution >= 4 is 27.4 Å². The topological polar surface area (TPSA) is 56.2 Å². The quantitative estimate of drug-likeness (QED) is 0.712. The summed E-state index contributed by atoms with van der Waals surface area (Å²) >= 11 is 3.24. The summed E-state index contributed by atoms with van der Waals surface area (Å²) in [4.78, 5) is 4.12. The fourth-order valence-electron chi connectivity index (χ4n) is 0.868. The standard InChI is InChI=1S/C6H5BrN4/c7-4-3-11-6(9-4)2-1-5(8)10-11/h1-3H,(H2,8,10). The maximum absolute atomic E-state index is 5.46. The highest BCUT2D eigenvalue weighted by molar-refractivity contribution is 9.10. The minimum atomic E-state index is 0.488.